The Morgan fingerprint density at radius 2 is 2.21 bits per heavy atom. The number of amides is 2. The summed E-state index contributed by atoms with van der Waals surface area (Å²) in [6.45, 7) is 0.959. The third-order valence-electron chi connectivity index (χ3n) is 2.80. The number of imidazole rings is 1. The summed E-state index contributed by atoms with van der Waals surface area (Å²) >= 11 is 0. The van der Waals surface area contributed by atoms with Gasteiger partial charge in [0.15, 0.2) is 6.61 Å². The first-order valence-corrected chi connectivity index (χ1v) is 7.01. The van der Waals surface area contributed by atoms with Crippen molar-refractivity contribution in [3.8, 4) is 5.88 Å². The molecule has 0 saturated carbocycles. The lowest BCUT2D eigenvalue weighted by molar-refractivity contribution is -0.154. The quantitative estimate of drug-likeness (QED) is 0.844. The average molecular weight is 343 g/mol. The molecule has 0 aromatic carbocycles. The monoisotopic (exact) mass is 343 g/mol. The fourth-order valence-corrected chi connectivity index (χ4v) is 1.84. The van der Waals surface area contributed by atoms with E-state index in [4.69, 9.17) is 0 Å². The van der Waals surface area contributed by atoms with Crippen LogP contribution < -0.4 is 15.4 Å². The Morgan fingerprint density at radius 3 is 2.79 bits per heavy atom. The fraction of sp³-hybridized carbons (Fsp3) is 0.357. The second-order valence-electron chi connectivity index (χ2n) is 5.05. The van der Waals surface area contributed by atoms with Crippen LogP contribution in [-0.2, 0) is 6.54 Å². The highest BCUT2D eigenvalue weighted by Gasteiger charge is 2.28. The van der Waals surface area contributed by atoms with Crippen molar-refractivity contribution in [3.05, 3.63) is 37.1 Å². The third-order valence-corrected chi connectivity index (χ3v) is 2.80. The van der Waals surface area contributed by atoms with Crippen molar-refractivity contribution in [2.24, 2.45) is 0 Å². The second kappa shape index (κ2) is 7.66. The second-order valence-corrected chi connectivity index (χ2v) is 5.05. The number of rotatable bonds is 6. The minimum atomic E-state index is -4.43. The van der Waals surface area contributed by atoms with Gasteiger partial charge in [0.05, 0.1) is 18.2 Å². The summed E-state index contributed by atoms with van der Waals surface area (Å²) in [5, 5.41) is 5.26. The molecule has 2 N–H and O–H groups in total. The van der Waals surface area contributed by atoms with Gasteiger partial charge in [0.1, 0.15) is 0 Å². The predicted octanol–water partition coefficient (Wildman–Crippen LogP) is 2.43. The Balaban J connectivity index is 1.79. The number of nitrogens with zero attached hydrogens (tertiary/aromatic N) is 3. The van der Waals surface area contributed by atoms with E-state index in [0.29, 0.717) is 12.2 Å². The Bertz CT molecular complexity index is 643. The van der Waals surface area contributed by atoms with Crippen molar-refractivity contribution in [2.75, 3.05) is 11.9 Å². The zero-order valence-electron chi connectivity index (χ0n) is 12.7. The maximum Gasteiger partial charge on any atom is 0.422 e. The highest BCUT2D eigenvalue weighted by molar-refractivity contribution is 5.89. The van der Waals surface area contributed by atoms with Crippen LogP contribution in [-0.4, -0.2) is 39.4 Å². The van der Waals surface area contributed by atoms with Crippen molar-refractivity contribution in [2.45, 2.75) is 25.7 Å². The van der Waals surface area contributed by atoms with Crippen LogP contribution in [0.25, 0.3) is 0 Å². The number of alkyl halides is 3. The number of carbonyl (C=O) groups excluding carboxylic acids is 1. The summed E-state index contributed by atoms with van der Waals surface area (Å²) in [5.74, 6) is -0.174. The van der Waals surface area contributed by atoms with Crippen molar-refractivity contribution in [1.82, 2.24) is 19.9 Å². The molecule has 2 aromatic heterocycles. The predicted molar refractivity (Wildman–Crippen MR) is 79.6 cm³/mol. The lowest BCUT2D eigenvalue weighted by Gasteiger charge is -2.15. The molecular formula is C14H16F3N5O2. The molecule has 130 valence electrons. The van der Waals surface area contributed by atoms with E-state index >= 15 is 0 Å². The van der Waals surface area contributed by atoms with Gasteiger partial charge in [0.25, 0.3) is 0 Å². The van der Waals surface area contributed by atoms with Crippen LogP contribution in [0.4, 0.5) is 23.7 Å². The van der Waals surface area contributed by atoms with E-state index in [1.165, 1.54) is 18.3 Å². The summed E-state index contributed by atoms with van der Waals surface area (Å²) in [7, 11) is 0. The molecule has 24 heavy (non-hydrogen) atoms. The highest BCUT2D eigenvalue weighted by atomic mass is 19.4. The van der Waals surface area contributed by atoms with Crippen LogP contribution in [0.2, 0.25) is 0 Å². The number of nitrogens with one attached hydrogen (secondary N) is 2. The Kier molecular flexibility index (Phi) is 5.61. The van der Waals surface area contributed by atoms with Gasteiger partial charge >= 0.3 is 12.2 Å². The molecule has 0 aliphatic rings. The van der Waals surface area contributed by atoms with Gasteiger partial charge in [-0.15, -0.1) is 0 Å². The summed E-state index contributed by atoms with van der Waals surface area (Å²) in [6, 6.07) is 2.05. The molecule has 7 nitrogen and oxygen atoms in total. The summed E-state index contributed by atoms with van der Waals surface area (Å²) < 4.78 is 42.4. The molecule has 0 saturated heterocycles. The van der Waals surface area contributed by atoms with Gasteiger partial charge in [-0.1, -0.05) is 0 Å². The number of hydrogen-bond donors (Lipinski definition) is 2. The van der Waals surface area contributed by atoms with Gasteiger partial charge < -0.3 is 19.9 Å². The first kappa shape index (κ1) is 17.6. The topological polar surface area (TPSA) is 81.1 Å². The summed E-state index contributed by atoms with van der Waals surface area (Å²) in [4.78, 5) is 19.4. The van der Waals surface area contributed by atoms with Gasteiger partial charge in [-0.2, -0.15) is 13.2 Å². The number of halogens is 3. The Hall–Kier alpha value is -2.78. The van der Waals surface area contributed by atoms with E-state index in [1.807, 2.05) is 11.5 Å². The molecule has 0 radical (unpaired) electrons. The molecule has 2 rings (SSSR count). The molecule has 10 heteroatoms. The summed E-state index contributed by atoms with van der Waals surface area (Å²) in [5.41, 5.74) is 0.335. The largest absolute Gasteiger partial charge is 0.468 e. The minimum absolute atomic E-state index is 0.151. The smallest absolute Gasteiger partial charge is 0.422 e. The van der Waals surface area contributed by atoms with Crippen LogP contribution in [0.15, 0.2) is 37.1 Å². The molecule has 0 aliphatic carbocycles. The maximum atomic E-state index is 12.0. The van der Waals surface area contributed by atoms with E-state index in [-0.39, 0.29) is 11.9 Å². The number of carbonyl (C=O) groups is 1. The zero-order valence-corrected chi connectivity index (χ0v) is 12.7. The maximum absolute atomic E-state index is 12.0. The average Bonchev–Trinajstić information content (AvgIpc) is 2.98. The van der Waals surface area contributed by atoms with Crippen LogP contribution >= 0.6 is 0 Å². The fourth-order valence-electron chi connectivity index (χ4n) is 1.84. The van der Waals surface area contributed by atoms with Crippen molar-refractivity contribution in [1.29, 1.82) is 0 Å². The zero-order chi connectivity index (χ0) is 17.6. The molecule has 0 aliphatic heterocycles. The Morgan fingerprint density at radius 1 is 1.42 bits per heavy atom. The first-order chi connectivity index (χ1) is 11.3. The van der Waals surface area contributed by atoms with Crippen molar-refractivity contribution < 1.29 is 22.7 Å². The number of ether oxygens (including phenoxy) is 1. The van der Waals surface area contributed by atoms with Crippen molar-refractivity contribution >= 4 is 11.7 Å². The van der Waals surface area contributed by atoms with Crippen LogP contribution in [0.1, 0.15) is 6.92 Å². The number of hydrogen-bond acceptors (Lipinski definition) is 4. The molecule has 0 fully saturated rings. The van der Waals surface area contributed by atoms with Crippen LogP contribution in [0.3, 0.4) is 0 Å². The normalized spacial score (nSPS) is 12.5. The molecule has 2 heterocycles. The van der Waals surface area contributed by atoms with Crippen LogP contribution in [0, 0.1) is 0 Å². The number of anilines is 1. The van der Waals surface area contributed by atoms with E-state index in [9.17, 15) is 18.0 Å². The SMILES string of the molecule is C[C@@H](Cn1ccnc1)NC(=O)Nc1ccc(OCC(F)(F)F)nc1. The molecule has 0 bridgehead atoms. The van der Waals surface area contributed by atoms with E-state index in [1.54, 1.807) is 18.7 Å². The third kappa shape index (κ3) is 6.15. The molecule has 2 aromatic rings. The van der Waals surface area contributed by atoms with E-state index in [0.717, 1.165) is 0 Å². The van der Waals surface area contributed by atoms with E-state index < -0.39 is 18.8 Å². The molecule has 1 atom stereocenters. The highest BCUT2D eigenvalue weighted by Crippen LogP contribution is 2.17. The minimum Gasteiger partial charge on any atom is -0.468 e. The number of urea groups is 1. The summed E-state index contributed by atoms with van der Waals surface area (Å²) in [6.07, 6.45) is 1.84. The van der Waals surface area contributed by atoms with Crippen molar-refractivity contribution in [3.63, 3.8) is 0 Å². The molecular weight excluding hydrogens is 327 g/mol. The molecule has 0 spiro atoms. The Labute approximate surface area is 135 Å². The number of pyridine rings is 1. The molecule has 0 unspecified atom stereocenters. The van der Waals surface area contributed by atoms with Gasteiger partial charge in [-0.05, 0) is 13.0 Å². The van der Waals surface area contributed by atoms with Crippen LogP contribution in [0.5, 0.6) is 5.88 Å². The van der Waals surface area contributed by atoms with Gasteiger partial charge in [0, 0.05) is 31.0 Å². The van der Waals surface area contributed by atoms with Gasteiger partial charge in [0.2, 0.25) is 5.88 Å². The lowest BCUT2D eigenvalue weighted by atomic mass is 10.3. The molecule has 2 amide bonds. The van der Waals surface area contributed by atoms with Gasteiger partial charge in [-0.3, -0.25) is 0 Å². The number of aromatic nitrogens is 3. The van der Waals surface area contributed by atoms with E-state index in [2.05, 4.69) is 25.3 Å². The first-order valence-electron chi connectivity index (χ1n) is 7.01. The standard InChI is InChI=1S/C14H16F3N5O2/c1-10(7-22-5-4-18-9-22)20-13(23)21-11-2-3-12(19-6-11)24-8-14(15,16)17/h2-6,9-10H,7-8H2,1H3,(H2,20,21,23)/t10-/m0/s1. The van der Waals surface area contributed by atoms with Gasteiger partial charge in [-0.25, -0.2) is 14.8 Å². The lowest BCUT2D eigenvalue weighted by Crippen LogP contribution is -2.38.